The summed E-state index contributed by atoms with van der Waals surface area (Å²) in [4.78, 5) is 4.18. The maximum Gasteiger partial charge on any atom is 0.240 e. The molecule has 0 saturated carbocycles. The Morgan fingerprint density at radius 1 is 1.35 bits per heavy atom. The molecule has 3 rings (SSSR count). The van der Waals surface area contributed by atoms with Gasteiger partial charge in [0.05, 0.1) is 12.1 Å². The second-order valence-electron chi connectivity index (χ2n) is 3.76. The van der Waals surface area contributed by atoms with Crippen molar-refractivity contribution in [1.82, 2.24) is 10.1 Å². The fraction of sp³-hybridized carbons (Fsp3) is 0.273. The van der Waals surface area contributed by atoms with E-state index in [1.807, 2.05) is 19.1 Å². The molecule has 0 spiro atoms. The first kappa shape index (κ1) is 10.1. The summed E-state index contributed by atoms with van der Waals surface area (Å²) in [6.07, 6.45) is 0. The predicted octanol–water partition coefficient (Wildman–Crippen LogP) is 1.23. The zero-order valence-electron chi connectivity index (χ0n) is 9.27. The number of aryl methyl sites for hydroxylation is 1. The highest BCUT2D eigenvalue weighted by Gasteiger charge is 2.22. The smallest absolute Gasteiger partial charge is 0.240 e. The highest BCUT2D eigenvalue weighted by atomic mass is 16.7. The molecule has 0 amide bonds. The minimum Gasteiger partial charge on any atom is -0.454 e. The van der Waals surface area contributed by atoms with E-state index in [1.165, 1.54) is 0 Å². The number of hydrogen-bond donors (Lipinski definition) is 1. The van der Waals surface area contributed by atoms with Gasteiger partial charge in [0.2, 0.25) is 18.5 Å². The molecule has 0 atom stereocenters. The van der Waals surface area contributed by atoms with Crippen LogP contribution in [0.3, 0.4) is 0 Å². The first-order valence-corrected chi connectivity index (χ1v) is 5.21. The molecule has 17 heavy (non-hydrogen) atoms. The molecule has 2 aromatic rings. The number of benzene rings is 1. The lowest BCUT2D eigenvalue weighted by Crippen LogP contribution is -1.96. The Morgan fingerprint density at radius 3 is 3.00 bits per heavy atom. The van der Waals surface area contributed by atoms with Crippen LogP contribution in [-0.4, -0.2) is 16.9 Å². The van der Waals surface area contributed by atoms with Crippen molar-refractivity contribution in [3.8, 4) is 22.9 Å². The van der Waals surface area contributed by atoms with E-state index in [-0.39, 0.29) is 13.3 Å². The van der Waals surface area contributed by atoms with Crippen LogP contribution >= 0.6 is 0 Å². The summed E-state index contributed by atoms with van der Waals surface area (Å²) in [5.74, 6) is 2.23. The van der Waals surface area contributed by atoms with Gasteiger partial charge >= 0.3 is 0 Å². The van der Waals surface area contributed by atoms with Crippen LogP contribution in [0.4, 0.5) is 0 Å². The Labute approximate surface area is 97.3 Å². The lowest BCUT2D eigenvalue weighted by Gasteiger charge is -2.02. The fourth-order valence-corrected chi connectivity index (χ4v) is 1.76. The molecule has 88 valence electrons. The Balaban J connectivity index is 2.13. The molecule has 1 aromatic carbocycles. The average Bonchev–Trinajstić information content (AvgIpc) is 2.95. The molecule has 0 bridgehead atoms. The summed E-state index contributed by atoms with van der Waals surface area (Å²) in [6, 6.07) is 3.84. The third-order valence-corrected chi connectivity index (χ3v) is 2.50. The van der Waals surface area contributed by atoms with Crippen molar-refractivity contribution in [2.24, 2.45) is 5.73 Å². The highest BCUT2D eigenvalue weighted by Crippen LogP contribution is 2.41. The number of rotatable bonds is 2. The number of nitrogens with two attached hydrogens (primary N) is 1. The van der Waals surface area contributed by atoms with E-state index in [2.05, 4.69) is 10.1 Å². The molecule has 0 unspecified atom stereocenters. The van der Waals surface area contributed by atoms with Gasteiger partial charge in [-0.05, 0) is 24.6 Å². The lowest BCUT2D eigenvalue weighted by atomic mass is 10.1. The predicted molar refractivity (Wildman–Crippen MR) is 58.5 cm³/mol. The van der Waals surface area contributed by atoms with Gasteiger partial charge in [-0.3, -0.25) is 0 Å². The molecule has 0 radical (unpaired) electrons. The van der Waals surface area contributed by atoms with Gasteiger partial charge in [-0.25, -0.2) is 0 Å². The minimum absolute atomic E-state index is 0.216. The van der Waals surface area contributed by atoms with E-state index in [4.69, 9.17) is 19.7 Å². The molecule has 1 aromatic heterocycles. The van der Waals surface area contributed by atoms with Crippen molar-refractivity contribution >= 4 is 0 Å². The number of hydrogen-bond acceptors (Lipinski definition) is 6. The molecular weight excluding hydrogens is 222 g/mol. The summed E-state index contributed by atoms with van der Waals surface area (Å²) < 4.78 is 15.7. The van der Waals surface area contributed by atoms with Crippen LogP contribution in [0.1, 0.15) is 11.5 Å². The summed E-state index contributed by atoms with van der Waals surface area (Å²) in [5.41, 5.74) is 7.24. The van der Waals surface area contributed by atoms with Crippen LogP contribution in [0.25, 0.3) is 11.4 Å². The topological polar surface area (TPSA) is 83.4 Å². The Hall–Kier alpha value is -2.08. The van der Waals surface area contributed by atoms with Crippen molar-refractivity contribution in [3.05, 3.63) is 23.6 Å². The second kappa shape index (κ2) is 3.74. The number of fused-ring (bicyclic) bond motifs is 1. The number of nitrogens with zero attached hydrogens (tertiary/aromatic N) is 2. The quantitative estimate of drug-likeness (QED) is 0.839. The third kappa shape index (κ3) is 1.62. The van der Waals surface area contributed by atoms with E-state index in [0.29, 0.717) is 23.2 Å². The minimum atomic E-state index is 0.216. The van der Waals surface area contributed by atoms with Crippen molar-refractivity contribution in [3.63, 3.8) is 0 Å². The van der Waals surface area contributed by atoms with Gasteiger partial charge in [0.15, 0.2) is 11.5 Å². The van der Waals surface area contributed by atoms with Gasteiger partial charge in [-0.15, -0.1) is 0 Å². The van der Waals surface area contributed by atoms with Gasteiger partial charge in [0.25, 0.3) is 0 Å². The molecule has 2 heterocycles. The Kier molecular flexibility index (Phi) is 2.22. The zero-order valence-corrected chi connectivity index (χ0v) is 9.27. The van der Waals surface area contributed by atoms with Crippen molar-refractivity contribution < 1.29 is 14.0 Å². The second-order valence-corrected chi connectivity index (χ2v) is 3.76. The van der Waals surface area contributed by atoms with E-state index in [1.54, 1.807) is 0 Å². The van der Waals surface area contributed by atoms with Gasteiger partial charge < -0.3 is 19.7 Å². The van der Waals surface area contributed by atoms with Crippen LogP contribution < -0.4 is 15.2 Å². The zero-order chi connectivity index (χ0) is 11.8. The molecule has 0 saturated heterocycles. The van der Waals surface area contributed by atoms with E-state index in [0.717, 1.165) is 11.1 Å². The summed E-state index contributed by atoms with van der Waals surface area (Å²) in [5, 5.41) is 3.87. The summed E-state index contributed by atoms with van der Waals surface area (Å²) in [7, 11) is 0. The van der Waals surface area contributed by atoms with Crippen molar-refractivity contribution in [1.29, 1.82) is 0 Å². The van der Waals surface area contributed by atoms with E-state index < -0.39 is 0 Å². The maximum atomic E-state index is 5.43. The standard InChI is InChI=1S/C11H11N3O3/c1-6-2-7(10-8(3-6)15-5-16-10)11-13-9(4-12)17-14-11/h2-3H,4-5,12H2,1H3. The molecule has 1 aliphatic heterocycles. The van der Waals surface area contributed by atoms with E-state index in [9.17, 15) is 0 Å². The first-order valence-electron chi connectivity index (χ1n) is 5.21. The molecule has 6 nitrogen and oxygen atoms in total. The Bertz CT molecular complexity index is 565. The monoisotopic (exact) mass is 233 g/mol. The van der Waals surface area contributed by atoms with Crippen LogP contribution in [-0.2, 0) is 6.54 Å². The summed E-state index contributed by atoms with van der Waals surface area (Å²) >= 11 is 0. The van der Waals surface area contributed by atoms with Gasteiger partial charge in [-0.2, -0.15) is 4.98 Å². The van der Waals surface area contributed by atoms with Crippen LogP contribution in [0, 0.1) is 6.92 Å². The first-order chi connectivity index (χ1) is 8.28. The average molecular weight is 233 g/mol. The van der Waals surface area contributed by atoms with Crippen molar-refractivity contribution in [2.45, 2.75) is 13.5 Å². The van der Waals surface area contributed by atoms with Gasteiger partial charge in [-0.1, -0.05) is 5.16 Å². The van der Waals surface area contributed by atoms with Crippen LogP contribution in [0.15, 0.2) is 16.7 Å². The molecule has 2 N–H and O–H groups in total. The largest absolute Gasteiger partial charge is 0.454 e. The summed E-state index contributed by atoms with van der Waals surface area (Å²) in [6.45, 7) is 2.40. The molecule has 0 fully saturated rings. The number of aromatic nitrogens is 2. The molecule has 1 aliphatic rings. The lowest BCUT2D eigenvalue weighted by molar-refractivity contribution is 0.174. The molecular formula is C11H11N3O3. The Morgan fingerprint density at radius 2 is 2.24 bits per heavy atom. The van der Waals surface area contributed by atoms with Crippen LogP contribution in [0.2, 0.25) is 0 Å². The van der Waals surface area contributed by atoms with Crippen molar-refractivity contribution in [2.75, 3.05) is 6.79 Å². The third-order valence-electron chi connectivity index (χ3n) is 2.50. The number of ether oxygens (including phenoxy) is 2. The highest BCUT2D eigenvalue weighted by molar-refractivity contribution is 5.70. The van der Waals surface area contributed by atoms with Gasteiger partial charge in [0.1, 0.15) is 0 Å². The van der Waals surface area contributed by atoms with Crippen LogP contribution in [0.5, 0.6) is 11.5 Å². The molecule has 0 aliphatic carbocycles. The van der Waals surface area contributed by atoms with Gasteiger partial charge in [0, 0.05) is 0 Å². The normalized spacial score (nSPS) is 13.1. The molecule has 6 heteroatoms. The fourth-order valence-electron chi connectivity index (χ4n) is 1.76. The van der Waals surface area contributed by atoms with E-state index >= 15 is 0 Å². The SMILES string of the molecule is Cc1cc2c(c(-c3noc(CN)n3)c1)OCO2. The maximum absolute atomic E-state index is 5.43.